The van der Waals surface area contributed by atoms with Crippen LogP contribution in [0.2, 0.25) is 0 Å². The first-order valence-corrected chi connectivity index (χ1v) is 33.5. The van der Waals surface area contributed by atoms with E-state index >= 15 is 0 Å². The number of carboxylic acid groups (broad SMARTS) is 3. The number of para-hydroxylation sites is 1. The number of ether oxygens (including phenoxy) is 1. The van der Waals surface area contributed by atoms with E-state index in [1.165, 1.54) is 21.0 Å². The molecule has 0 bridgehead atoms. The summed E-state index contributed by atoms with van der Waals surface area (Å²) < 4.78 is 4.72. The number of hydroxylamine groups is 5. The molecule has 0 spiro atoms. The molecule has 0 fully saturated rings. The molecule has 0 saturated carbocycles. The monoisotopic (exact) mass is 1430 g/mol. The molecule has 12 unspecified atom stereocenters. The van der Waals surface area contributed by atoms with Gasteiger partial charge in [0, 0.05) is 91.9 Å². The number of aromatic hydroxyl groups is 2. The summed E-state index contributed by atoms with van der Waals surface area (Å²) >= 11 is 0. The van der Waals surface area contributed by atoms with Crippen LogP contribution in [0.25, 0.3) is 10.9 Å². The Hall–Kier alpha value is -9.91. The number of rotatable bonds is 28. The van der Waals surface area contributed by atoms with Gasteiger partial charge in [-0.2, -0.15) is 0 Å². The van der Waals surface area contributed by atoms with Gasteiger partial charge in [-0.3, -0.25) is 24.0 Å². The van der Waals surface area contributed by atoms with Gasteiger partial charge in [-0.25, -0.2) is 37.2 Å². The Morgan fingerprint density at radius 1 is 0.456 bits per heavy atom. The van der Waals surface area contributed by atoms with Gasteiger partial charge in [0.1, 0.15) is 17.5 Å². The van der Waals surface area contributed by atoms with Crippen molar-refractivity contribution in [2.45, 2.75) is 162 Å². The zero-order chi connectivity index (χ0) is 77.1. The molecule has 8 aromatic rings. The number of H-pyrrole nitrogens is 2. The zero-order valence-corrected chi connectivity index (χ0v) is 60.5. The Balaban J connectivity index is 0.000000410. The summed E-state index contributed by atoms with van der Waals surface area (Å²) in [6.45, 7) is 19.6. The van der Waals surface area contributed by atoms with E-state index in [4.69, 9.17) is 56.3 Å². The van der Waals surface area contributed by atoms with Crippen molar-refractivity contribution in [1.29, 1.82) is 0 Å². The van der Waals surface area contributed by atoms with Crippen LogP contribution in [0.4, 0.5) is 0 Å². The SMILES string of the molecule is CC(=O)NC(C)Cc1cnc[nH]1.CC(=O)NC(Cc1c[nH]c2ccccc12)C(=O)O.CC(NO)C(C)c1ccc(O)cc1.CC(NO)C(C)c1ccc(O)cc1.CC(NO)C(Cc1ccccc1)C(=O)O.COC(=O)C(Cc1ccccc1)C(C)NO.Cc1ccc(CC(C(=O)O)C(C)NO)cc1. The number of phenolic OH excluding ortho intramolecular Hbond substituents is 2. The number of aromatic amines is 2. The van der Waals surface area contributed by atoms with Crippen molar-refractivity contribution < 1.29 is 85.1 Å². The first-order chi connectivity index (χ1) is 48.9. The van der Waals surface area contributed by atoms with E-state index in [1.54, 1.807) is 63.8 Å². The lowest BCUT2D eigenvalue weighted by molar-refractivity contribution is -0.147. The van der Waals surface area contributed by atoms with Crippen LogP contribution in [0.1, 0.15) is 126 Å². The lowest BCUT2D eigenvalue weighted by atomic mass is 9.93. The van der Waals surface area contributed by atoms with Gasteiger partial charge < -0.3 is 76.9 Å². The average Bonchev–Trinajstić information content (AvgIpc) is 1.69. The van der Waals surface area contributed by atoms with Crippen molar-refractivity contribution in [2.75, 3.05) is 7.11 Å². The zero-order valence-electron chi connectivity index (χ0n) is 60.5. The number of nitrogens with zero attached hydrogens (tertiary/aromatic N) is 1. The van der Waals surface area contributed by atoms with E-state index < -0.39 is 53.8 Å². The third-order valence-corrected chi connectivity index (χ3v) is 16.8. The molecule has 103 heavy (non-hydrogen) atoms. The molecule has 2 heterocycles. The number of benzene rings is 6. The van der Waals surface area contributed by atoms with Crippen molar-refractivity contribution in [3.05, 3.63) is 221 Å². The van der Waals surface area contributed by atoms with Crippen LogP contribution in [-0.2, 0) is 65.6 Å². The number of aromatic nitrogens is 3. The molecule has 27 heteroatoms. The molecular formula is C76H106N10O17. The largest absolute Gasteiger partial charge is 0.508 e. The van der Waals surface area contributed by atoms with E-state index in [2.05, 4.69) is 42.0 Å². The molecule has 0 saturated heterocycles. The highest BCUT2D eigenvalue weighted by Gasteiger charge is 2.28. The van der Waals surface area contributed by atoms with Crippen LogP contribution in [0.5, 0.6) is 11.5 Å². The Morgan fingerprint density at radius 2 is 0.854 bits per heavy atom. The molecule has 19 N–H and O–H groups in total. The second kappa shape index (κ2) is 48.8. The third kappa shape index (κ3) is 34.5. The van der Waals surface area contributed by atoms with E-state index in [0.29, 0.717) is 19.3 Å². The molecule has 2 aromatic heterocycles. The molecule has 12 atom stereocenters. The highest BCUT2D eigenvalue weighted by molar-refractivity contribution is 5.86. The smallest absolute Gasteiger partial charge is 0.326 e. The molecule has 0 radical (unpaired) electrons. The summed E-state index contributed by atoms with van der Waals surface area (Å²) in [4.78, 5) is 76.1. The van der Waals surface area contributed by atoms with E-state index in [9.17, 15) is 28.8 Å². The van der Waals surface area contributed by atoms with Gasteiger partial charge in [0.05, 0.1) is 31.2 Å². The lowest BCUT2D eigenvalue weighted by Crippen LogP contribution is -2.41. The second-order valence-electron chi connectivity index (χ2n) is 25.0. The fraction of sp³-hybridized carbons (Fsp3) is 0.382. The number of hydrogen-bond donors (Lipinski definition) is 19. The number of hydrogen-bond acceptors (Lipinski definition) is 20. The number of imidazole rings is 1. The van der Waals surface area contributed by atoms with Crippen LogP contribution in [0.15, 0.2) is 176 Å². The van der Waals surface area contributed by atoms with Crippen molar-refractivity contribution in [3.63, 3.8) is 0 Å². The van der Waals surface area contributed by atoms with Gasteiger partial charge in [-0.15, -0.1) is 0 Å². The quantitative estimate of drug-likeness (QED) is 0.0160. The maximum absolute atomic E-state index is 11.5. The number of carbonyl (C=O) groups excluding carboxylic acids is 3. The van der Waals surface area contributed by atoms with Gasteiger partial charge in [-0.05, 0) is 143 Å². The molecule has 562 valence electrons. The number of esters is 1. The van der Waals surface area contributed by atoms with Crippen LogP contribution in [0, 0.1) is 24.7 Å². The van der Waals surface area contributed by atoms with Gasteiger partial charge >= 0.3 is 23.9 Å². The standard InChI is InChI=1S/C13H14N2O3.2C12H17NO3.C11H15NO3.2C10H15NO2.C8H13N3O/c1-8(16)15-12(13(17)18)6-9-7-14-11-5-3-2-4-10(9)11;1-8-3-5-10(6-4-8)7-11(12(14)15)9(2)13-16;1-9(13-15)11(12(14)16-2)8-10-6-4-3-5-7-10;1-8(12-15)10(11(13)14)7-9-5-3-2-4-6-9;2*1-7(8(2)11-13)9-3-5-10(12)6-4-9;1-6(11-7(2)12)3-8-4-9-5-10-8/h2-5,7,12,14H,6H2,1H3,(H,15,16)(H,17,18);3-6,9,11,13,16H,7H2,1-2H3,(H,14,15);3-7,9,11,13,15H,8H2,1-2H3;2-6,8,10,12,15H,7H2,1H3,(H,13,14);2*3-8,11-13H,1-2H3;4-6H,3H2,1-2H3,(H,9,10)(H,11,12). The summed E-state index contributed by atoms with van der Waals surface area (Å²) in [7, 11) is 1.35. The first kappa shape index (κ1) is 89.2. The summed E-state index contributed by atoms with van der Waals surface area (Å²) in [6.07, 6.45) is 7.59. The predicted octanol–water partition coefficient (Wildman–Crippen LogP) is 9.79. The molecule has 0 aliphatic carbocycles. The number of fused-ring (bicyclic) bond motifs is 1. The van der Waals surface area contributed by atoms with Crippen LogP contribution >= 0.6 is 0 Å². The van der Waals surface area contributed by atoms with E-state index in [1.807, 2.05) is 186 Å². The Kier molecular flexibility index (Phi) is 42.3. The van der Waals surface area contributed by atoms with E-state index in [0.717, 1.165) is 62.0 Å². The molecule has 6 aromatic carbocycles. The van der Waals surface area contributed by atoms with Crippen LogP contribution in [0.3, 0.4) is 0 Å². The maximum Gasteiger partial charge on any atom is 0.326 e. The molecule has 0 aliphatic rings. The number of methoxy groups -OCH3 is 1. The molecule has 2 amide bonds. The summed E-state index contributed by atoms with van der Waals surface area (Å²) in [5, 5.41) is 95.2. The molecule has 27 nitrogen and oxygen atoms in total. The number of aliphatic carboxylic acids is 3. The van der Waals surface area contributed by atoms with E-state index in [-0.39, 0.29) is 71.7 Å². The molecule has 8 rings (SSSR count). The second-order valence-corrected chi connectivity index (χ2v) is 25.0. The number of nitrogens with one attached hydrogen (secondary N) is 9. The minimum Gasteiger partial charge on any atom is -0.508 e. The third-order valence-electron chi connectivity index (χ3n) is 16.8. The minimum absolute atomic E-state index is 0.00187. The Morgan fingerprint density at radius 3 is 1.23 bits per heavy atom. The number of carbonyl (C=O) groups is 6. The first-order valence-electron chi connectivity index (χ1n) is 33.5. The topological polar surface area (TPSA) is 443 Å². The fourth-order valence-corrected chi connectivity index (χ4v) is 10.0. The maximum atomic E-state index is 11.5. The van der Waals surface area contributed by atoms with Gasteiger partial charge in [0.2, 0.25) is 11.8 Å². The van der Waals surface area contributed by atoms with Crippen molar-refractivity contribution >= 4 is 46.6 Å². The Labute approximate surface area is 602 Å². The van der Waals surface area contributed by atoms with Crippen molar-refractivity contribution in [2.24, 2.45) is 17.8 Å². The van der Waals surface area contributed by atoms with Crippen LogP contribution < -0.4 is 38.0 Å². The van der Waals surface area contributed by atoms with Gasteiger partial charge in [0.25, 0.3) is 0 Å². The van der Waals surface area contributed by atoms with Crippen molar-refractivity contribution in [1.82, 2.24) is 53.0 Å². The minimum atomic E-state index is -1.03. The Bertz CT molecular complexity index is 3610. The number of carboxylic acids is 3. The predicted molar refractivity (Wildman–Crippen MR) is 391 cm³/mol. The van der Waals surface area contributed by atoms with Crippen LogP contribution in [-0.4, -0.2) is 152 Å². The summed E-state index contributed by atoms with van der Waals surface area (Å²) in [5.41, 5.74) is 19.7. The summed E-state index contributed by atoms with van der Waals surface area (Å²) in [6, 6.07) is 46.4. The lowest BCUT2D eigenvalue weighted by Gasteiger charge is -2.20. The summed E-state index contributed by atoms with van der Waals surface area (Å²) in [5.74, 6) is -4.21. The number of aryl methyl sites for hydroxylation is 1. The van der Waals surface area contributed by atoms with Gasteiger partial charge in [-0.1, -0.05) is 147 Å². The van der Waals surface area contributed by atoms with Gasteiger partial charge in [0.15, 0.2) is 0 Å². The van der Waals surface area contributed by atoms with Crippen molar-refractivity contribution in [3.8, 4) is 11.5 Å². The average molecular weight is 1430 g/mol. The number of amides is 2. The molecule has 0 aliphatic heterocycles. The normalized spacial score (nSPS) is 14.0. The fourth-order valence-electron chi connectivity index (χ4n) is 10.0. The highest BCUT2D eigenvalue weighted by Crippen LogP contribution is 2.24. The number of phenols is 2. The molecular weight excluding hydrogens is 1320 g/mol. The highest BCUT2D eigenvalue weighted by atomic mass is 16.5.